The molecule has 0 saturated heterocycles. The fraction of sp³-hybridized carbons (Fsp3) is 1.00. The molecule has 0 heterocycles. The number of alkyl halides is 3. The number of nitrogens with one attached hydrogen (secondary N) is 1. The van der Waals surface area contributed by atoms with Gasteiger partial charge in [0.05, 0.1) is 11.5 Å². The van der Waals surface area contributed by atoms with E-state index in [0.717, 1.165) is 6.42 Å². The summed E-state index contributed by atoms with van der Waals surface area (Å²) in [6.07, 6.45) is -1.97. The van der Waals surface area contributed by atoms with Gasteiger partial charge in [-0.2, -0.15) is 13.2 Å². The Bertz CT molecular complexity index is 269. The number of hydrogen-bond acceptors (Lipinski definition) is 3. The van der Waals surface area contributed by atoms with Gasteiger partial charge in [0.15, 0.2) is 0 Å². The van der Waals surface area contributed by atoms with E-state index in [4.69, 9.17) is 4.74 Å². The summed E-state index contributed by atoms with van der Waals surface area (Å²) in [6, 6.07) is -0.158. The van der Waals surface area contributed by atoms with Crippen molar-refractivity contribution >= 4 is 0 Å². The summed E-state index contributed by atoms with van der Waals surface area (Å²) in [7, 11) is 1.55. The number of aliphatic hydroxyl groups is 1. The second-order valence-electron chi connectivity index (χ2n) is 5.72. The van der Waals surface area contributed by atoms with E-state index in [1.165, 1.54) is 0 Å². The summed E-state index contributed by atoms with van der Waals surface area (Å²) in [5.41, 5.74) is -0.943. The molecule has 114 valence electrons. The van der Waals surface area contributed by atoms with Crippen molar-refractivity contribution in [1.82, 2.24) is 5.32 Å². The van der Waals surface area contributed by atoms with Crippen molar-refractivity contribution in [2.24, 2.45) is 5.92 Å². The van der Waals surface area contributed by atoms with Crippen LogP contribution in [0.25, 0.3) is 0 Å². The summed E-state index contributed by atoms with van der Waals surface area (Å²) in [5.74, 6) is -1.21. The van der Waals surface area contributed by atoms with Crippen molar-refractivity contribution in [3.05, 3.63) is 0 Å². The summed E-state index contributed by atoms with van der Waals surface area (Å²) in [4.78, 5) is 0. The molecule has 1 rings (SSSR count). The largest absolute Gasteiger partial charge is 0.391 e. The molecule has 3 unspecified atom stereocenters. The topological polar surface area (TPSA) is 41.5 Å². The Balaban J connectivity index is 2.36. The Morgan fingerprint density at radius 2 is 2.00 bits per heavy atom. The van der Waals surface area contributed by atoms with Crippen LogP contribution in [0.5, 0.6) is 0 Å². The zero-order valence-corrected chi connectivity index (χ0v) is 11.6. The zero-order chi connectivity index (χ0) is 14.5. The van der Waals surface area contributed by atoms with E-state index in [9.17, 15) is 18.3 Å². The number of ether oxygens (including phenoxy) is 1. The minimum Gasteiger partial charge on any atom is -0.389 e. The standard InChI is InChI=1S/C13H24F3NO2/c1-12(18,6-7-19-2)9-17-11-5-3-4-10(8-11)13(14,15)16/h10-11,17-18H,3-9H2,1-2H3. The van der Waals surface area contributed by atoms with Gasteiger partial charge in [0.1, 0.15) is 0 Å². The van der Waals surface area contributed by atoms with Crippen LogP contribution in [0, 0.1) is 5.92 Å². The number of hydrogen-bond donors (Lipinski definition) is 2. The third-order valence-corrected chi connectivity index (χ3v) is 3.75. The molecule has 0 aromatic heterocycles. The maximum absolute atomic E-state index is 12.7. The Labute approximate surface area is 112 Å². The maximum atomic E-state index is 12.7. The van der Waals surface area contributed by atoms with Crippen LogP contribution in [0.4, 0.5) is 13.2 Å². The van der Waals surface area contributed by atoms with Crippen molar-refractivity contribution in [2.75, 3.05) is 20.3 Å². The van der Waals surface area contributed by atoms with Crippen molar-refractivity contribution in [3.63, 3.8) is 0 Å². The molecule has 3 atom stereocenters. The molecule has 0 amide bonds. The van der Waals surface area contributed by atoms with Gasteiger partial charge in [0.2, 0.25) is 0 Å². The second-order valence-corrected chi connectivity index (χ2v) is 5.72. The lowest BCUT2D eigenvalue weighted by Crippen LogP contribution is -2.46. The van der Waals surface area contributed by atoms with Crippen molar-refractivity contribution < 1.29 is 23.0 Å². The highest BCUT2D eigenvalue weighted by Gasteiger charge is 2.42. The first kappa shape index (κ1) is 16.7. The van der Waals surface area contributed by atoms with Gasteiger partial charge in [0.25, 0.3) is 0 Å². The van der Waals surface area contributed by atoms with Crippen LogP contribution in [-0.2, 0) is 4.74 Å². The molecule has 1 aliphatic carbocycles. The molecule has 1 saturated carbocycles. The lowest BCUT2D eigenvalue weighted by Gasteiger charge is -2.33. The third kappa shape index (κ3) is 6.10. The van der Waals surface area contributed by atoms with E-state index in [-0.39, 0.29) is 18.9 Å². The predicted octanol–water partition coefficient (Wildman–Crippen LogP) is 2.48. The first-order valence-corrected chi connectivity index (χ1v) is 6.76. The fourth-order valence-electron chi connectivity index (χ4n) is 2.45. The van der Waals surface area contributed by atoms with Gasteiger partial charge in [-0.25, -0.2) is 0 Å². The molecule has 0 bridgehead atoms. The fourth-order valence-corrected chi connectivity index (χ4v) is 2.45. The molecule has 19 heavy (non-hydrogen) atoms. The van der Waals surface area contributed by atoms with Crippen molar-refractivity contribution in [3.8, 4) is 0 Å². The highest BCUT2D eigenvalue weighted by Crippen LogP contribution is 2.37. The van der Waals surface area contributed by atoms with Crippen LogP contribution in [0.1, 0.15) is 39.0 Å². The van der Waals surface area contributed by atoms with Crippen molar-refractivity contribution in [1.29, 1.82) is 0 Å². The minimum absolute atomic E-state index is 0.115. The summed E-state index contributed by atoms with van der Waals surface area (Å²) in [6.45, 7) is 2.40. The Morgan fingerprint density at radius 1 is 1.32 bits per heavy atom. The van der Waals surface area contributed by atoms with E-state index in [2.05, 4.69) is 5.32 Å². The Morgan fingerprint density at radius 3 is 2.58 bits per heavy atom. The Kier molecular flexibility index (Phi) is 6.08. The predicted molar refractivity (Wildman–Crippen MR) is 66.9 cm³/mol. The van der Waals surface area contributed by atoms with Crippen molar-refractivity contribution in [2.45, 2.75) is 56.8 Å². The van der Waals surface area contributed by atoms with Gasteiger partial charge in [0, 0.05) is 32.7 Å². The van der Waals surface area contributed by atoms with Gasteiger partial charge < -0.3 is 15.2 Å². The molecular formula is C13H24F3NO2. The average molecular weight is 283 g/mol. The summed E-state index contributed by atoms with van der Waals surface area (Å²) < 4.78 is 42.9. The zero-order valence-electron chi connectivity index (χ0n) is 11.6. The highest BCUT2D eigenvalue weighted by atomic mass is 19.4. The molecule has 0 aromatic carbocycles. The van der Waals surface area contributed by atoms with E-state index >= 15 is 0 Å². The first-order chi connectivity index (χ1) is 8.74. The smallest absolute Gasteiger partial charge is 0.389 e. The van der Waals surface area contributed by atoms with Crippen LogP contribution in [0.2, 0.25) is 0 Å². The monoisotopic (exact) mass is 283 g/mol. The molecule has 1 aliphatic rings. The highest BCUT2D eigenvalue weighted by molar-refractivity contribution is 4.84. The molecular weight excluding hydrogens is 259 g/mol. The average Bonchev–Trinajstić information content (AvgIpc) is 2.34. The Hall–Kier alpha value is -0.330. The third-order valence-electron chi connectivity index (χ3n) is 3.75. The quantitative estimate of drug-likeness (QED) is 0.787. The van der Waals surface area contributed by atoms with Crippen LogP contribution in [0.3, 0.4) is 0 Å². The second kappa shape index (κ2) is 6.90. The van der Waals surface area contributed by atoms with Gasteiger partial charge in [-0.3, -0.25) is 0 Å². The maximum Gasteiger partial charge on any atom is 0.391 e. The first-order valence-electron chi connectivity index (χ1n) is 6.76. The lowest BCUT2D eigenvalue weighted by atomic mass is 9.85. The molecule has 1 fully saturated rings. The van der Waals surface area contributed by atoms with Crippen LogP contribution < -0.4 is 5.32 Å². The van der Waals surface area contributed by atoms with E-state index in [1.54, 1.807) is 14.0 Å². The SMILES string of the molecule is COCCC(C)(O)CNC1CCCC(C(F)(F)F)C1. The molecule has 0 spiro atoms. The molecule has 0 radical (unpaired) electrons. The van der Waals surface area contributed by atoms with Gasteiger partial charge in [-0.15, -0.1) is 0 Å². The molecule has 6 heteroatoms. The number of rotatable bonds is 6. The molecule has 0 aromatic rings. The summed E-state index contributed by atoms with van der Waals surface area (Å²) in [5, 5.41) is 13.1. The number of methoxy groups -OCH3 is 1. The van der Waals surface area contributed by atoms with E-state index < -0.39 is 17.7 Å². The van der Waals surface area contributed by atoms with Gasteiger partial charge in [-0.05, 0) is 26.2 Å². The van der Waals surface area contributed by atoms with Gasteiger partial charge >= 0.3 is 6.18 Å². The molecule has 3 nitrogen and oxygen atoms in total. The van der Waals surface area contributed by atoms with E-state index in [1.807, 2.05) is 0 Å². The molecule has 0 aliphatic heterocycles. The number of halogens is 3. The normalized spacial score (nSPS) is 28.1. The van der Waals surface area contributed by atoms with E-state index in [0.29, 0.717) is 26.0 Å². The summed E-state index contributed by atoms with van der Waals surface area (Å²) >= 11 is 0. The van der Waals surface area contributed by atoms with Gasteiger partial charge in [-0.1, -0.05) is 6.42 Å². The lowest BCUT2D eigenvalue weighted by molar-refractivity contribution is -0.183. The van der Waals surface area contributed by atoms with Crippen LogP contribution >= 0.6 is 0 Å². The van der Waals surface area contributed by atoms with Crippen LogP contribution in [0.15, 0.2) is 0 Å². The van der Waals surface area contributed by atoms with Crippen LogP contribution in [-0.4, -0.2) is 43.2 Å². The molecule has 2 N–H and O–H groups in total. The minimum atomic E-state index is -4.10.